The number of benzene rings is 2. The number of carbonyl (C=O) groups excluding carboxylic acids is 2. The normalized spacial score (nSPS) is 10.4. The van der Waals surface area contributed by atoms with Crippen LogP contribution in [0.5, 0.6) is 0 Å². The van der Waals surface area contributed by atoms with Gasteiger partial charge in [-0.05, 0) is 37.6 Å². The van der Waals surface area contributed by atoms with Crippen LogP contribution in [0, 0.1) is 24.0 Å². The number of ether oxygens (including phenoxy) is 1. The maximum atomic E-state index is 12.0. The van der Waals surface area contributed by atoms with E-state index in [1.807, 2.05) is 37.4 Å². The van der Waals surface area contributed by atoms with Crippen molar-refractivity contribution in [1.82, 2.24) is 4.98 Å². The first-order valence-electron chi connectivity index (χ1n) is 8.58. The monoisotopic (exact) mass is 411 g/mol. The van der Waals surface area contributed by atoms with Gasteiger partial charge in [-0.3, -0.25) is 20.2 Å². The summed E-state index contributed by atoms with van der Waals surface area (Å²) < 4.78 is 4.94. The molecule has 1 amide bonds. The molecule has 0 aliphatic carbocycles. The van der Waals surface area contributed by atoms with Crippen LogP contribution in [0.2, 0.25) is 0 Å². The van der Waals surface area contributed by atoms with Gasteiger partial charge in [0, 0.05) is 23.1 Å². The van der Waals surface area contributed by atoms with Gasteiger partial charge >= 0.3 is 5.97 Å². The van der Waals surface area contributed by atoms with Crippen molar-refractivity contribution in [3.05, 3.63) is 74.6 Å². The Kier molecular flexibility index (Phi) is 5.99. The Morgan fingerprint density at radius 2 is 1.90 bits per heavy atom. The van der Waals surface area contributed by atoms with Crippen molar-refractivity contribution < 1.29 is 19.2 Å². The van der Waals surface area contributed by atoms with Crippen molar-refractivity contribution in [2.24, 2.45) is 0 Å². The zero-order chi connectivity index (χ0) is 21.0. The van der Waals surface area contributed by atoms with Crippen LogP contribution >= 0.6 is 11.3 Å². The molecule has 0 atom stereocenters. The second-order valence-corrected chi connectivity index (χ2v) is 7.14. The molecule has 0 unspecified atom stereocenters. The number of carbonyl (C=O) groups is 2. The van der Waals surface area contributed by atoms with Crippen molar-refractivity contribution in [1.29, 1.82) is 0 Å². The second kappa shape index (κ2) is 8.61. The Bertz CT molecular complexity index is 1080. The van der Waals surface area contributed by atoms with E-state index in [2.05, 4.69) is 10.3 Å². The van der Waals surface area contributed by atoms with Crippen molar-refractivity contribution in [3.63, 3.8) is 0 Å². The highest BCUT2D eigenvalue weighted by atomic mass is 32.1. The molecule has 1 heterocycles. The lowest BCUT2D eigenvalue weighted by atomic mass is 10.0. The van der Waals surface area contributed by atoms with Crippen LogP contribution in [0.25, 0.3) is 11.3 Å². The van der Waals surface area contributed by atoms with Gasteiger partial charge in [-0.2, -0.15) is 0 Å². The van der Waals surface area contributed by atoms with Gasteiger partial charge in [-0.15, -0.1) is 11.3 Å². The van der Waals surface area contributed by atoms with E-state index in [4.69, 9.17) is 4.74 Å². The molecule has 0 saturated heterocycles. The van der Waals surface area contributed by atoms with Crippen LogP contribution in [0.3, 0.4) is 0 Å². The molecule has 1 aromatic heterocycles. The fraction of sp³-hybridized carbons (Fsp3) is 0.150. The van der Waals surface area contributed by atoms with E-state index in [9.17, 15) is 19.7 Å². The number of aromatic nitrogens is 1. The summed E-state index contributed by atoms with van der Waals surface area (Å²) in [7, 11) is 0. The third-order valence-electron chi connectivity index (χ3n) is 4.07. The molecule has 0 saturated carbocycles. The zero-order valence-corrected chi connectivity index (χ0v) is 16.5. The second-order valence-electron chi connectivity index (χ2n) is 6.28. The number of nitro benzene ring substituents is 1. The molecule has 0 radical (unpaired) electrons. The number of aryl methyl sites for hydroxylation is 2. The molecule has 3 aromatic rings. The molecule has 1 N–H and O–H groups in total. The summed E-state index contributed by atoms with van der Waals surface area (Å²) in [5.41, 5.74) is 3.93. The van der Waals surface area contributed by atoms with Crippen LogP contribution in [0.1, 0.15) is 21.5 Å². The quantitative estimate of drug-likeness (QED) is 0.371. The van der Waals surface area contributed by atoms with E-state index in [0.717, 1.165) is 22.4 Å². The number of esters is 1. The van der Waals surface area contributed by atoms with E-state index >= 15 is 0 Å². The molecular formula is C20H17N3O5S. The minimum atomic E-state index is -0.745. The molecule has 0 fully saturated rings. The van der Waals surface area contributed by atoms with Gasteiger partial charge < -0.3 is 4.74 Å². The molecule has 0 aliphatic rings. The molecular weight excluding hydrogens is 394 g/mol. The van der Waals surface area contributed by atoms with Crippen molar-refractivity contribution >= 4 is 34.0 Å². The maximum Gasteiger partial charge on any atom is 0.338 e. The predicted molar refractivity (Wildman–Crippen MR) is 109 cm³/mol. The van der Waals surface area contributed by atoms with Crippen LogP contribution in [-0.4, -0.2) is 28.4 Å². The van der Waals surface area contributed by atoms with Crippen LogP contribution in [0.4, 0.5) is 10.8 Å². The summed E-state index contributed by atoms with van der Waals surface area (Å²) >= 11 is 1.27. The number of rotatable bonds is 6. The molecule has 0 spiro atoms. The number of thiazole rings is 1. The van der Waals surface area contributed by atoms with Crippen molar-refractivity contribution in [3.8, 4) is 11.3 Å². The molecule has 148 valence electrons. The Balaban J connectivity index is 1.57. The first kappa shape index (κ1) is 20.2. The first-order chi connectivity index (χ1) is 13.8. The van der Waals surface area contributed by atoms with Gasteiger partial charge in [-0.25, -0.2) is 9.78 Å². The van der Waals surface area contributed by atoms with Gasteiger partial charge in [0.2, 0.25) is 0 Å². The number of non-ortho nitro benzene ring substituents is 1. The number of hydrogen-bond donors (Lipinski definition) is 1. The topological polar surface area (TPSA) is 111 Å². The van der Waals surface area contributed by atoms with Crippen LogP contribution < -0.4 is 5.32 Å². The first-order valence-corrected chi connectivity index (χ1v) is 9.46. The number of anilines is 1. The summed E-state index contributed by atoms with van der Waals surface area (Å²) in [6.45, 7) is 3.50. The molecule has 3 rings (SSSR count). The number of nitro groups is 1. The Labute approximate surface area is 170 Å². The van der Waals surface area contributed by atoms with E-state index in [1.165, 1.54) is 35.6 Å². The summed E-state index contributed by atoms with van der Waals surface area (Å²) in [5.74, 6) is -1.27. The molecule has 8 nitrogen and oxygen atoms in total. The lowest BCUT2D eigenvalue weighted by Gasteiger charge is -2.05. The summed E-state index contributed by atoms with van der Waals surface area (Å²) in [5, 5.41) is 15.5. The van der Waals surface area contributed by atoms with Gasteiger partial charge in [0.1, 0.15) is 0 Å². The maximum absolute atomic E-state index is 12.0. The van der Waals surface area contributed by atoms with Crippen LogP contribution in [-0.2, 0) is 9.53 Å². The lowest BCUT2D eigenvalue weighted by Crippen LogP contribution is -2.20. The number of hydrogen-bond acceptors (Lipinski definition) is 7. The smallest absolute Gasteiger partial charge is 0.338 e. The van der Waals surface area contributed by atoms with Gasteiger partial charge in [-0.1, -0.05) is 17.7 Å². The van der Waals surface area contributed by atoms with E-state index < -0.39 is 23.4 Å². The highest BCUT2D eigenvalue weighted by molar-refractivity contribution is 7.14. The molecule has 2 aromatic carbocycles. The number of amides is 1. The standard InChI is InChI=1S/C20H17N3O5S/c1-12-3-4-13(2)16(9-12)17-11-29-20(21-17)22-18(24)10-28-19(25)14-5-7-15(8-6-14)23(26)27/h3-9,11H,10H2,1-2H3,(H,21,22,24). The van der Waals surface area contributed by atoms with Crippen molar-refractivity contribution in [2.45, 2.75) is 13.8 Å². The molecule has 29 heavy (non-hydrogen) atoms. The average molecular weight is 411 g/mol. The third kappa shape index (κ3) is 5.02. The highest BCUT2D eigenvalue weighted by Gasteiger charge is 2.14. The minimum absolute atomic E-state index is 0.120. The van der Waals surface area contributed by atoms with Crippen molar-refractivity contribution in [2.75, 3.05) is 11.9 Å². The largest absolute Gasteiger partial charge is 0.452 e. The Morgan fingerprint density at radius 1 is 1.17 bits per heavy atom. The van der Waals surface area contributed by atoms with E-state index in [1.54, 1.807) is 0 Å². The number of nitrogens with zero attached hydrogens (tertiary/aromatic N) is 2. The molecule has 0 bridgehead atoms. The Morgan fingerprint density at radius 3 is 2.59 bits per heavy atom. The molecule has 0 aliphatic heterocycles. The van der Waals surface area contributed by atoms with E-state index in [0.29, 0.717) is 5.13 Å². The predicted octanol–water partition coefficient (Wildman–Crippen LogP) is 4.13. The van der Waals surface area contributed by atoms with E-state index in [-0.39, 0.29) is 11.3 Å². The molecule has 9 heteroatoms. The Hall–Kier alpha value is -3.59. The fourth-order valence-electron chi connectivity index (χ4n) is 2.56. The summed E-state index contributed by atoms with van der Waals surface area (Å²) in [6.07, 6.45) is 0. The van der Waals surface area contributed by atoms with Gasteiger partial charge in [0.05, 0.1) is 16.2 Å². The van der Waals surface area contributed by atoms with Gasteiger partial charge in [0.15, 0.2) is 11.7 Å². The third-order valence-corrected chi connectivity index (χ3v) is 4.83. The number of nitrogens with one attached hydrogen (secondary N) is 1. The summed E-state index contributed by atoms with van der Waals surface area (Å²) in [4.78, 5) is 38.5. The lowest BCUT2D eigenvalue weighted by molar-refractivity contribution is -0.384. The van der Waals surface area contributed by atoms with Crippen LogP contribution in [0.15, 0.2) is 47.8 Å². The SMILES string of the molecule is Cc1ccc(C)c(-c2csc(NC(=O)COC(=O)c3ccc([N+](=O)[O-])cc3)n2)c1. The minimum Gasteiger partial charge on any atom is -0.452 e. The summed E-state index contributed by atoms with van der Waals surface area (Å²) in [6, 6.07) is 11.0. The van der Waals surface area contributed by atoms with Gasteiger partial charge in [0.25, 0.3) is 11.6 Å². The average Bonchev–Trinajstić information content (AvgIpc) is 3.16. The fourth-order valence-corrected chi connectivity index (χ4v) is 3.28. The highest BCUT2D eigenvalue weighted by Crippen LogP contribution is 2.28. The zero-order valence-electron chi connectivity index (χ0n) is 15.7.